The van der Waals surface area contributed by atoms with E-state index in [1.165, 1.54) is 24.3 Å². The third-order valence-electron chi connectivity index (χ3n) is 7.11. The zero-order chi connectivity index (χ0) is 23.8. The summed E-state index contributed by atoms with van der Waals surface area (Å²) in [6.45, 7) is -0.491. The Kier molecular flexibility index (Phi) is 4.48. The van der Waals surface area contributed by atoms with Crippen molar-refractivity contribution < 1.29 is 18.8 Å². The topological polar surface area (TPSA) is 66.5 Å². The van der Waals surface area contributed by atoms with Crippen molar-refractivity contribution in [3.63, 3.8) is 0 Å². The van der Waals surface area contributed by atoms with Gasteiger partial charge in [-0.25, -0.2) is 4.39 Å². The second-order valence-corrected chi connectivity index (χ2v) is 9.98. The number of amides is 3. The molecule has 170 valence electrons. The van der Waals surface area contributed by atoms with Gasteiger partial charge in [-0.15, -0.1) is 23.2 Å². The van der Waals surface area contributed by atoms with Gasteiger partial charge in [0.25, 0.3) is 0 Å². The van der Waals surface area contributed by atoms with Crippen molar-refractivity contribution in [1.82, 2.24) is 4.90 Å². The van der Waals surface area contributed by atoms with Crippen LogP contribution in [0.25, 0.3) is 0 Å². The lowest BCUT2D eigenvalue weighted by Gasteiger charge is -2.54. The molecule has 0 spiro atoms. The summed E-state index contributed by atoms with van der Waals surface area (Å²) >= 11 is 14.7. The molecule has 3 aromatic carbocycles. The minimum absolute atomic E-state index is 0.352. The molecule has 3 amide bonds. The molecule has 8 heteroatoms. The molecule has 0 aromatic heterocycles. The maximum atomic E-state index is 13.7. The van der Waals surface area contributed by atoms with Gasteiger partial charge < -0.3 is 5.32 Å². The van der Waals surface area contributed by atoms with E-state index in [1.54, 1.807) is 0 Å². The number of hydrogen-bond donors (Lipinski definition) is 1. The molecule has 3 aromatic rings. The third-order valence-corrected chi connectivity index (χ3v) is 8.39. The molecule has 4 aliphatic rings. The number of carbonyl (C=O) groups is 3. The van der Waals surface area contributed by atoms with Crippen LogP contribution >= 0.6 is 23.2 Å². The van der Waals surface area contributed by atoms with Crippen LogP contribution in [0.3, 0.4) is 0 Å². The van der Waals surface area contributed by atoms with E-state index in [2.05, 4.69) is 5.32 Å². The van der Waals surface area contributed by atoms with Crippen molar-refractivity contribution in [3.8, 4) is 0 Å². The van der Waals surface area contributed by atoms with Crippen molar-refractivity contribution >= 4 is 46.6 Å². The Balaban J connectivity index is 1.42. The Morgan fingerprint density at radius 3 is 1.62 bits per heavy atom. The Hall–Kier alpha value is -3.22. The van der Waals surface area contributed by atoms with Crippen LogP contribution in [-0.4, -0.2) is 29.2 Å². The van der Waals surface area contributed by atoms with Crippen molar-refractivity contribution in [3.05, 3.63) is 101 Å². The fraction of sp³-hybridized carbons (Fsp3) is 0.192. The highest BCUT2D eigenvalue weighted by molar-refractivity contribution is 6.36. The Morgan fingerprint density at radius 1 is 0.794 bits per heavy atom. The normalized spacial score (nSPS) is 28.4. The van der Waals surface area contributed by atoms with E-state index >= 15 is 0 Å². The van der Waals surface area contributed by atoms with Crippen LogP contribution in [0, 0.1) is 17.7 Å². The minimum atomic E-state index is -1.29. The number of benzene rings is 3. The van der Waals surface area contributed by atoms with Gasteiger partial charge in [-0.3, -0.25) is 19.3 Å². The molecule has 1 fully saturated rings. The molecule has 2 atom stereocenters. The third kappa shape index (κ3) is 2.58. The Bertz CT molecular complexity index is 1270. The van der Waals surface area contributed by atoms with Gasteiger partial charge >= 0.3 is 0 Å². The van der Waals surface area contributed by atoms with E-state index in [-0.39, 0.29) is 0 Å². The smallest absolute Gasteiger partial charge is 0.244 e. The molecule has 1 heterocycles. The molecule has 1 aliphatic heterocycles. The number of anilines is 1. The van der Waals surface area contributed by atoms with E-state index < -0.39 is 51.7 Å². The van der Waals surface area contributed by atoms with Crippen LogP contribution < -0.4 is 5.32 Å². The van der Waals surface area contributed by atoms with Crippen molar-refractivity contribution in [2.75, 3.05) is 11.9 Å². The molecule has 0 saturated carbocycles. The Labute approximate surface area is 204 Å². The first-order valence-corrected chi connectivity index (χ1v) is 11.5. The number of rotatable bonds is 3. The second-order valence-electron chi connectivity index (χ2n) is 8.79. The minimum Gasteiger partial charge on any atom is -0.325 e. The number of halogens is 3. The predicted molar refractivity (Wildman–Crippen MR) is 125 cm³/mol. The molecule has 7 rings (SSSR count). The van der Waals surface area contributed by atoms with E-state index in [0.717, 1.165) is 4.90 Å². The van der Waals surface area contributed by atoms with E-state index in [1.807, 2.05) is 48.5 Å². The number of hydrogen-bond acceptors (Lipinski definition) is 3. The maximum Gasteiger partial charge on any atom is 0.244 e. The molecular weight excluding hydrogens is 478 g/mol. The number of nitrogens with zero attached hydrogens (tertiary/aromatic N) is 1. The number of alkyl halides is 2. The van der Waals surface area contributed by atoms with Gasteiger partial charge in [0.15, 0.2) is 0 Å². The van der Waals surface area contributed by atoms with Gasteiger partial charge in [0, 0.05) is 5.69 Å². The highest BCUT2D eigenvalue weighted by atomic mass is 35.5. The zero-order valence-corrected chi connectivity index (χ0v) is 19.1. The summed E-state index contributed by atoms with van der Waals surface area (Å²) in [5.41, 5.74) is 3.15. The van der Waals surface area contributed by atoms with Crippen LogP contribution in [0.5, 0.6) is 0 Å². The van der Waals surface area contributed by atoms with Crippen molar-refractivity contribution in [2.45, 2.75) is 9.75 Å². The zero-order valence-electron chi connectivity index (χ0n) is 17.6. The predicted octanol–water partition coefficient (Wildman–Crippen LogP) is 4.36. The molecular formula is C26H17Cl2FN2O3. The number of likely N-dealkylation sites (tertiary alicyclic amines) is 1. The number of nitrogens with one attached hydrogen (secondary N) is 1. The van der Waals surface area contributed by atoms with Crippen LogP contribution in [0.2, 0.25) is 0 Å². The van der Waals surface area contributed by atoms with Gasteiger partial charge in [-0.05, 0) is 46.5 Å². The monoisotopic (exact) mass is 494 g/mol. The summed E-state index contributed by atoms with van der Waals surface area (Å²) in [6, 6.07) is 19.9. The Morgan fingerprint density at radius 2 is 1.21 bits per heavy atom. The standard InChI is InChI=1S/C26H17Cl2FN2O3/c27-25-16-5-1-2-6-17(16)26(28,19-8-4-3-7-18(19)25)22-21(25)23(33)31(24(22)34)13-20(32)30-15-11-9-14(29)10-12-15/h1-12,21-22H,13H2,(H,30,32)/t21-,22-,25?,26?/m0/s1. The molecule has 34 heavy (non-hydrogen) atoms. The lowest BCUT2D eigenvalue weighted by molar-refractivity contribution is -0.142. The van der Waals surface area contributed by atoms with Gasteiger partial charge in [-0.2, -0.15) is 0 Å². The van der Waals surface area contributed by atoms with Gasteiger partial charge in [0.05, 0.1) is 11.8 Å². The van der Waals surface area contributed by atoms with E-state index in [0.29, 0.717) is 27.9 Å². The molecule has 2 bridgehead atoms. The highest BCUT2D eigenvalue weighted by Crippen LogP contribution is 2.69. The molecule has 5 nitrogen and oxygen atoms in total. The fourth-order valence-corrected chi connectivity index (χ4v) is 6.86. The van der Waals surface area contributed by atoms with Gasteiger partial charge in [0.1, 0.15) is 22.1 Å². The lowest BCUT2D eigenvalue weighted by atomic mass is 9.54. The molecule has 3 aliphatic carbocycles. The van der Waals surface area contributed by atoms with Gasteiger partial charge in [0.2, 0.25) is 17.7 Å². The molecule has 1 saturated heterocycles. The number of carbonyl (C=O) groups excluding carboxylic acids is 3. The quantitative estimate of drug-likeness (QED) is 0.434. The van der Waals surface area contributed by atoms with E-state index in [4.69, 9.17) is 23.2 Å². The first-order valence-electron chi connectivity index (χ1n) is 10.8. The summed E-state index contributed by atoms with van der Waals surface area (Å²) in [5, 5.41) is 2.59. The van der Waals surface area contributed by atoms with Crippen LogP contribution in [0.1, 0.15) is 22.3 Å². The van der Waals surface area contributed by atoms with Crippen LogP contribution in [-0.2, 0) is 24.1 Å². The largest absolute Gasteiger partial charge is 0.325 e. The first kappa shape index (κ1) is 21.3. The van der Waals surface area contributed by atoms with Crippen LogP contribution in [0.15, 0.2) is 72.8 Å². The molecule has 1 N–H and O–H groups in total. The van der Waals surface area contributed by atoms with Crippen LogP contribution in [0.4, 0.5) is 10.1 Å². The summed E-state index contributed by atoms with van der Waals surface area (Å²) in [7, 11) is 0. The number of imide groups is 1. The lowest BCUT2D eigenvalue weighted by Crippen LogP contribution is -2.57. The summed E-state index contributed by atoms with van der Waals surface area (Å²) in [6.07, 6.45) is 0. The van der Waals surface area contributed by atoms with Gasteiger partial charge in [-0.1, -0.05) is 48.5 Å². The molecule has 0 unspecified atom stereocenters. The summed E-state index contributed by atoms with van der Waals surface area (Å²) in [4.78, 5) is 38.4. The summed E-state index contributed by atoms with van der Waals surface area (Å²) < 4.78 is 13.2. The first-order chi connectivity index (χ1) is 16.3. The molecule has 0 radical (unpaired) electrons. The highest BCUT2D eigenvalue weighted by Gasteiger charge is 2.73. The van der Waals surface area contributed by atoms with Crippen molar-refractivity contribution in [2.24, 2.45) is 11.8 Å². The average molecular weight is 495 g/mol. The average Bonchev–Trinajstić information content (AvgIpc) is 3.10. The second kappa shape index (κ2) is 7.14. The SMILES string of the molecule is O=C(CN1C(=O)[C@@H]2[C@@H](C1=O)C1(Cl)c3ccccc3C2(Cl)c2ccccc21)Nc1ccc(F)cc1. The van der Waals surface area contributed by atoms with Crippen molar-refractivity contribution in [1.29, 1.82) is 0 Å². The fourth-order valence-electron chi connectivity index (χ4n) is 5.76. The maximum absolute atomic E-state index is 13.7. The van der Waals surface area contributed by atoms with E-state index in [9.17, 15) is 18.8 Å². The summed E-state index contributed by atoms with van der Waals surface area (Å²) in [5.74, 6) is -4.00.